The van der Waals surface area contributed by atoms with Crippen LogP contribution >= 0.6 is 0 Å². The Morgan fingerprint density at radius 1 is 1.10 bits per heavy atom. The van der Waals surface area contributed by atoms with Gasteiger partial charge in [-0.2, -0.15) is 9.61 Å². The fraction of sp³-hybridized carbons (Fsp3) is 0.200. The first-order valence-corrected chi connectivity index (χ1v) is 9.54. The second kappa shape index (κ2) is 7.86. The first kappa shape index (κ1) is 20.0. The monoisotopic (exact) mass is 419 g/mol. The lowest BCUT2D eigenvalue weighted by Crippen LogP contribution is -2.13. The molecular formula is C20H21N9O2. The van der Waals surface area contributed by atoms with Gasteiger partial charge in [0.1, 0.15) is 12.1 Å². The van der Waals surface area contributed by atoms with E-state index >= 15 is 0 Å². The van der Waals surface area contributed by atoms with E-state index in [1.165, 1.54) is 12.4 Å². The van der Waals surface area contributed by atoms with Crippen molar-refractivity contribution in [3.05, 3.63) is 63.5 Å². The molecule has 31 heavy (non-hydrogen) atoms. The van der Waals surface area contributed by atoms with Crippen LogP contribution in [0, 0.1) is 24.0 Å². The lowest BCUT2D eigenvalue weighted by Gasteiger charge is -2.11. The van der Waals surface area contributed by atoms with Gasteiger partial charge in [0.15, 0.2) is 5.65 Å². The first-order valence-electron chi connectivity index (χ1n) is 9.54. The van der Waals surface area contributed by atoms with Crippen LogP contribution in [-0.4, -0.2) is 36.0 Å². The molecule has 0 aliphatic carbocycles. The molecule has 0 aliphatic heterocycles. The third kappa shape index (κ3) is 4.06. The number of anilines is 3. The number of nitrogens with zero attached hydrogens (tertiary/aromatic N) is 6. The Morgan fingerprint density at radius 2 is 1.84 bits per heavy atom. The molecule has 4 aromatic rings. The van der Waals surface area contributed by atoms with Gasteiger partial charge in [0, 0.05) is 23.7 Å². The number of nitrogens with two attached hydrogens (primary N) is 2. The van der Waals surface area contributed by atoms with E-state index in [0.717, 1.165) is 22.4 Å². The Morgan fingerprint density at radius 3 is 2.55 bits per heavy atom. The molecule has 3 aromatic heterocycles. The second-order valence-electron chi connectivity index (χ2n) is 7.25. The fourth-order valence-corrected chi connectivity index (χ4v) is 3.56. The van der Waals surface area contributed by atoms with Gasteiger partial charge in [0.2, 0.25) is 11.8 Å². The fourth-order valence-electron chi connectivity index (χ4n) is 3.56. The maximum atomic E-state index is 11.4. The number of rotatable bonds is 6. The Labute approximate surface area is 177 Å². The number of aryl methyl sites for hydroxylation is 2. The van der Waals surface area contributed by atoms with Gasteiger partial charge in [0.05, 0.1) is 10.6 Å². The summed E-state index contributed by atoms with van der Waals surface area (Å²) in [5, 5.41) is 18.8. The Balaban J connectivity index is 1.64. The van der Waals surface area contributed by atoms with Crippen molar-refractivity contribution in [3.63, 3.8) is 0 Å². The van der Waals surface area contributed by atoms with Gasteiger partial charge < -0.3 is 16.8 Å². The summed E-state index contributed by atoms with van der Waals surface area (Å²) >= 11 is 0. The van der Waals surface area contributed by atoms with Crippen LogP contribution in [0.25, 0.3) is 16.9 Å². The van der Waals surface area contributed by atoms with Crippen LogP contribution in [-0.2, 0) is 6.42 Å². The van der Waals surface area contributed by atoms with E-state index in [1.807, 2.05) is 19.9 Å². The summed E-state index contributed by atoms with van der Waals surface area (Å²) in [6.07, 6.45) is 1.74. The summed E-state index contributed by atoms with van der Waals surface area (Å²) in [6.45, 7) is 4.40. The van der Waals surface area contributed by atoms with Crippen LogP contribution in [0.2, 0.25) is 0 Å². The van der Waals surface area contributed by atoms with Crippen LogP contribution in [0.4, 0.5) is 23.3 Å². The SMILES string of the molecule is Cc1cc(C)cc(-c2cc3ncnn3c(NCCc3cc(N)nc(N)c3[N+](=O)[O-])n2)c1. The van der Waals surface area contributed by atoms with E-state index < -0.39 is 4.92 Å². The molecule has 11 nitrogen and oxygen atoms in total. The van der Waals surface area contributed by atoms with Gasteiger partial charge in [-0.3, -0.25) is 10.1 Å². The molecule has 3 heterocycles. The van der Waals surface area contributed by atoms with Crippen molar-refractivity contribution in [2.45, 2.75) is 20.3 Å². The number of aromatic nitrogens is 5. The number of benzene rings is 1. The molecule has 0 atom stereocenters. The quantitative estimate of drug-likeness (QED) is 0.315. The molecule has 0 amide bonds. The highest BCUT2D eigenvalue weighted by molar-refractivity contribution is 5.67. The number of nitrogens with one attached hydrogen (secondary N) is 1. The molecule has 0 unspecified atom stereocenters. The van der Waals surface area contributed by atoms with Crippen LogP contribution in [0.1, 0.15) is 16.7 Å². The molecule has 0 spiro atoms. The zero-order chi connectivity index (χ0) is 22.1. The molecule has 0 bridgehead atoms. The number of hydrogen-bond donors (Lipinski definition) is 3. The minimum atomic E-state index is -0.550. The molecule has 0 saturated carbocycles. The number of pyridine rings is 1. The molecule has 5 N–H and O–H groups in total. The lowest BCUT2D eigenvalue weighted by molar-refractivity contribution is -0.384. The number of fused-ring (bicyclic) bond motifs is 1. The highest BCUT2D eigenvalue weighted by Gasteiger charge is 2.20. The maximum absolute atomic E-state index is 11.4. The molecule has 0 radical (unpaired) electrons. The highest BCUT2D eigenvalue weighted by Crippen LogP contribution is 2.27. The molecule has 1 aromatic carbocycles. The van der Waals surface area contributed by atoms with Crippen LogP contribution in [0.5, 0.6) is 0 Å². The lowest BCUT2D eigenvalue weighted by atomic mass is 10.0. The predicted octanol–water partition coefficient (Wildman–Crippen LogP) is 2.53. The Hall–Kier alpha value is -4.28. The summed E-state index contributed by atoms with van der Waals surface area (Å²) < 4.78 is 1.58. The van der Waals surface area contributed by atoms with Crippen molar-refractivity contribution in [3.8, 4) is 11.3 Å². The van der Waals surface area contributed by atoms with Crippen molar-refractivity contribution in [1.82, 2.24) is 24.6 Å². The van der Waals surface area contributed by atoms with E-state index in [0.29, 0.717) is 30.1 Å². The van der Waals surface area contributed by atoms with Crippen molar-refractivity contribution >= 4 is 28.9 Å². The summed E-state index contributed by atoms with van der Waals surface area (Å²) in [5.74, 6) is 0.405. The van der Waals surface area contributed by atoms with Crippen molar-refractivity contribution in [1.29, 1.82) is 0 Å². The van der Waals surface area contributed by atoms with Gasteiger partial charge in [-0.25, -0.2) is 15.0 Å². The topological polar surface area (TPSA) is 163 Å². The highest BCUT2D eigenvalue weighted by atomic mass is 16.6. The summed E-state index contributed by atoms with van der Waals surface area (Å²) in [7, 11) is 0. The molecule has 4 rings (SSSR count). The maximum Gasteiger partial charge on any atom is 0.314 e. The van der Waals surface area contributed by atoms with Crippen LogP contribution in [0.15, 0.2) is 36.7 Å². The Bertz CT molecular complexity index is 1280. The molecule has 0 saturated heterocycles. The van der Waals surface area contributed by atoms with E-state index in [1.54, 1.807) is 4.52 Å². The van der Waals surface area contributed by atoms with E-state index in [9.17, 15) is 10.1 Å². The number of hydrogen-bond acceptors (Lipinski definition) is 9. The van der Waals surface area contributed by atoms with Gasteiger partial charge in [-0.05, 0) is 38.5 Å². The largest absolute Gasteiger partial charge is 0.384 e. The smallest absolute Gasteiger partial charge is 0.314 e. The van der Waals surface area contributed by atoms with E-state index in [4.69, 9.17) is 16.5 Å². The van der Waals surface area contributed by atoms with E-state index in [-0.39, 0.29) is 17.3 Å². The van der Waals surface area contributed by atoms with E-state index in [2.05, 4.69) is 38.6 Å². The van der Waals surface area contributed by atoms with Crippen molar-refractivity contribution in [2.75, 3.05) is 23.3 Å². The molecular weight excluding hydrogens is 398 g/mol. The average molecular weight is 419 g/mol. The van der Waals surface area contributed by atoms with Gasteiger partial charge in [-0.1, -0.05) is 17.2 Å². The zero-order valence-corrected chi connectivity index (χ0v) is 17.0. The van der Waals surface area contributed by atoms with Gasteiger partial charge in [-0.15, -0.1) is 0 Å². The normalized spacial score (nSPS) is 11.0. The molecule has 0 fully saturated rings. The minimum absolute atomic E-state index is 0.131. The third-order valence-corrected chi connectivity index (χ3v) is 4.76. The standard InChI is InChI=1S/C20H21N9O2/c1-11-5-12(2)7-14(6-11)15-9-17-24-10-25-28(17)20(26-15)23-4-3-13-8-16(21)27-19(22)18(13)29(30)31/h5-10H,3-4H2,1-2H3,(H,23,26)(H4,21,22,27). The molecule has 158 valence electrons. The summed E-state index contributed by atoms with van der Waals surface area (Å²) in [6, 6.07) is 9.52. The van der Waals surface area contributed by atoms with Crippen molar-refractivity contribution < 1.29 is 4.92 Å². The molecule has 11 heteroatoms. The number of nitrogen functional groups attached to an aromatic ring is 2. The first-order chi connectivity index (χ1) is 14.8. The summed E-state index contributed by atoms with van der Waals surface area (Å²) in [5.41, 5.74) is 16.2. The average Bonchev–Trinajstić information content (AvgIpc) is 3.15. The van der Waals surface area contributed by atoms with Crippen molar-refractivity contribution in [2.24, 2.45) is 0 Å². The minimum Gasteiger partial charge on any atom is -0.384 e. The third-order valence-electron chi connectivity index (χ3n) is 4.76. The van der Waals surface area contributed by atoms with Crippen LogP contribution in [0.3, 0.4) is 0 Å². The zero-order valence-electron chi connectivity index (χ0n) is 17.0. The predicted molar refractivity (Wildman–Crippen MR) is 118 cm³/mol. The van der Waals surface area contributed by atoms with Gasteiger partial charge in [0.25, 0.3) is 0 Å². The van der Waals surface area contributed by atoms with Gasteiger partial charge >= 0.3 is 5.69 Å². The molecule has 0 aliphatic rings. The number of nitro groups is 1. The Kier molecular flexibility index (Phi) is 5.07. The van der Waals surface area contributed by atoms with Crippen LogP contribution < -0.4 is 16.8 Å². The summed E-state index contributed by atoms with van der Waals surface area (Å²) in [4.78, 5) is 23.6. The second-order valence-corrected chi connectivity index (χ2v) is 7.25.